The molecule has 0 N–H and O–H groups in total. The molecule has 0 aliphatic heterocycles. The molecule has 4 aromatic heterocycles. The van der Waals surface area contributed by atoms with E-state index < -0.39 is 0 Å². The molecule has 0 saturated carbocycles. The summed E-state index contributed by atoms with van der Waals surface area (Å²) in [6.07, 6.45) is 0. The first-order valence-corrected chi connectivity index (χ1v) is 11.4. The summed E-state index contributed by atoms with van der Waals surface area (Å²) in [4.78, 5) is 12.9. The van der Waals surface area contributed by atoms with E-state index in [1.807, 2.05) is 47.7 Å². The van der Waals surface area contributed by atoms with Gasteiger partial charge in [0.05, 0.1) is 22.2 Å². The van der Waals surface area contributed by atoms with E-state index in [1.54, 1.807) is 16.3 Å². The Kier molecular flexibility index (Phi) is 4.25. The fourth-order valence-corrected chi connectivity index (χ4v) is 5.15. The molecule has 9 heteroatoms. The van der Waals surface area contributed by atoms with Crippen LogP contribution in [0.3, 0.4) is 0 Å². The quantitative estimate of drug-likeness (QED) is 0.387. The summed E-state index contributed by atoms with van der Waals surface area (Å²) in [6.45, 7) is 4.55. The molecule has 0 unspecified atom stereocenters. The minimum Gasteiger partial charge on any atom is -0.277 e. The zero-order valence-electron chi connectivity index (χ0n) is 17.6. The van der Waals surface area contributed by atoms with Crippen molar-refractivity contribution in [2.75, 3.05) is 0 Å². The third-order valence-corrected chi connectivity index (χ3v) is 6.72. The highest BCUT2D eigenvalue weighted by Gasteiger charge is 2.17. The predicted octanol–water partition coefficient (Wildman–Crippen LogP) is 3.86. The van der Waals surface area contributed by atoms with E-state index in [1.165, 1.54) is 10.9 Å². The molecule has 6 aromatic rings. The van der Waals surface area contributed by atoms with Crippen LogP contribution in [-0.2, 0) is 12.3 Å². The maximum atomic E-state index is 12.9. The minimum absolute atomic E-state index is 0.0486. The number of benzene rings is 2. The average Bonchev–Trinajstić information content (AvgIpc) is 3.42. The van der Waals surface area contributed by atoms with E-state index in [0.717, 1.165) is 27.7 Å². The van der Waals surface area contributed by atoms with Crippen LogP contribution in [0.25, 0.3) is 33.2 Å². The monoisotopic (exact) mass is 441 g/mol. The van der Waals surface area contributed by atoms with Gasteiger partial charge in [-0.1, -0.05) is 42.1 Å². The molecule has 0 atom stereocenters. The molecule has 0 aliphatic rings. The maximum Gasteiger partial charge on any atom is 0.262 e. The largest absolute Gasteiger partial charge is 0.277 e. The van der Waals surface area contributed by atoms with Crippen LogP contribution in [-0.4, -0.2) is 33.8 Å². The van der Waals surface area contributed by atoms with Gasteiger partial charge in [0, 0.05) is 11.9 Å². The van der Waals surface area contributed by atoms with Crippen LogP contribution < -0.4 is 5.56 Å². The van der Waals surface area contributed by atoms with Crippen LogP contribution in [0.15, 0.2) is 64.5 Å². The Hall–Kier alpha value is -3.72. The first-order valence-electron chi connectivity index (χ1n) is 10.4. The van der Waals surface area contributed by atoms with Crippen LogP contribution in [0.4, 0.5) is 0 Å². The number of rotatable bonds is 4. The summed E-state index contributed by atoms with van der Waals surface area (Å²) >= 11 is 1.55. The van der Waals surface area contributed by atoms with Gasteiger partial charge in [-0.3, -0.25) is 18.2 Å². The molecule has 0 radical (unpaired) electrons. The van der Waals surface area contributed by atoms with Gasteiger partial charge >= 0.3 is 0 Å². The second-order valence-electron chi connectivity index (χ2n) is 7.63. The lowest BCUT2D eigenvalue weighted by atomic mass is 10.1. The van der Waals surface area contributed by atoms with Crippen LogP contribution >= 0.6 is 11.8 Å². The Morgan fingerprint density at radius 3 is 2.38 bits per heavy atom. The number of aromatic nitrogens is 7. The summed E-state index contributed by atoms with van der Waals surface area (Å²) in [5.41, 5.74) is 3.83. The van der Waals surface area contributed by atoms with Crippen molar-refractivity contribution < 1.29 is 0 Å². The van der Waals surface area contributed by atoms with Gasteiger partial charge in [-0.25, -0.2) is 0 Å². The van der Waals surface area contributed by atoms with Crippen molar-refractivity contribution in [3.8, 4) is 0 Å². The summed E-state index contributed by atoms with van der Waals surface area (Å²) in [5, 5.41) is 20.2. The standard InChI is InChI=1S/C23H19N7OS/c1-3-28-21(31)16-9-5-7-11-18(16)29-20(25-26-22(28)29)13-32-23-27-24-19-12-14(2)15-8-4-6-10-17(15)30(19)23/h4-12H,3,13H2,1-2H3. The van der Waals surface area contributed by atoms with Crippen molar-refractivity contribution in [2.45, 2.75) is 31.3 Å². The van der Waals surface area contributed by atoms with E-state index in [4.69, 9.17) is 0 Å². The lowest BCUT2D eigenvalue weighted by Gasteiger charge is -2.09. The molecule has 32 heavy (non-hydrogen) atoms. The second kappa shape index (κ2) is 7.16. The van der Waals surface area contributed by atoms with E-state index in [2.05, 4.69) is 49.9 Å². The fraction of sp³-hybridized carbons (Fsp3) is 0.174. The molecule has 0 fully saturated rings. The van der Waals surface area contributed by atoms with Gasteiger partial charge < -0.3 is 0 Å². The number of aryl methyl sites for hydroxylation is 2. The number of hydrogen-bond acceptors (Lipinski definition) is 6. The Labute approximate surface area is 186 Å². The molecule has 0 bridgehead atoms. The normalized spacial score (nSPS) is 11.9. The van der Waals surface area contributed by atoms with Gasteiger partial charge in [-0.15, -0.1) is 20.4 Å². The van der Waals surface area contributed by atoms with Crippen molar-refractivity contribution in [3.05, 3.63) is 76.3 Å². The Morgan fingerprint density at radius 2 is 1.59 bits per heavy atom. The smallest absolute Gasteiger partial charge is 0.262 e. The first kappa shape index (κ1) is 19.0. The molecule has 158 valence electrons. The van der Waals surface area contributed by atoms with E-state index >= 15 is 0 Å². The fourth-order valence-electron chi connectivity index (χ4n) is 4.29. The maximum absolute atomic E-state index is 12.9. The number of fused-ring (bicyclic) bond motifs is 6. The van der Waals surface area contributed by atoms with E-state index in [0.29, 0.717) is 23.5 Å². The molecule has 8 nitrogen and oxygen atoms in total. The molecule has 0 aliphatic carbocycles. The summed E-state index contributed by atoms with van der Waals surface area (Å²) in [6, 6.07) is 17.9. The molecule has 4 heterocycles. The van der Waals surface area contributed by atoms with Gasteiger partial charge in [0.2, 0.25) is 5.78 Å². The summed E-state index contributed by atoms with van der Waals surface area (Å²) < 4.78 is 5.71. The summed E-state index contributed by atoms with van der Waals surface area (Å²) in [5.74, 6) is 1.85. The molecule has 6 rings (SSSR count). The minimum atomic E-state index is -0.0486. The summed E-state index contributed by atoms with van der Waals surface area (Å²) in [7, 11) is 0. The molecular weight excluding hydrogens is 422 g/mol. The molecule has 0 amide bonds. The van der Waals surface area contributed by atoms with Crippen molar-refractivity contribution >= 4 is 45.0 Å². The Balaban J connectivity index is 1.49. The van der Waals surface area contributed by atoms with Crippen molar-refractivity contribution in [1.82, 2.24) is 33.8 Å². The first-order chi connectivity index (χ1) is 15.7. The second-order valence-corrected chi connectivity index (χ2v) is 8.57. The molecule has 2 aromatic carbocycles. The van der Waals surface area contributed by atoms with Crippen molar-refractivity contribution in [3.63, 3.8) is 0 Å². The van der Waals surface area contributed by atoms with E-state index in [9.17, 15) is 4.79 Å². The molecule has 0 saturated heterocycles. The third kappa shape index (κ3) is 2.67. The number of hydrogen-bond donors (Lipinski definition) is 0. The van der Waals surface area contributed by atoms with Crippen LogP contribution in [0.1, 0.15) is 18.3 Å². The number of para-hydroxylation sites is 2. The average molecular weight is 442 g/mol. The highest BCUT2D eigenvalue weighted by Crippen LogP contribution is 2.28. The molecular formula is C23H19N7OS. The van der Waals surface area contributed by atoms with Crippen LogP contribution in [0, 0.1) is 6.92 Å². The van der Waals surface area contributed by atoms with Crippen LogP contribution in [0.5, 0.6) is 0 Å². The zero-order chi connectivity index (χ0) is 21.8. The lowest BCUT2D eigenvalue weighted by Crippen LogP contribution is -2.22. The predicted molar refractivity (Wildman–Crippen MR) is 125 cm³/mol. The van der Waals surface area contributed by atoms with E-state index in [-0.39, 0.29) is 5.56 Å². The van der Waals surface area contributed by atoms with Gasteiger partial charge in [0.25, 0.3) is 5.56 Å². The Morgan fingerprint density at radius 1 is 0.875 bits per heavy atom. The van der Waals surface area contributed by atoms with Gasteiger partial charge in [0.1, 0.15) is 5.82 Å². The molecule has 0 spiro atoms. The topological polar surface area (TPSA) is 82.4 Å². The highest BCUT2D eigenvalue weighted by molar-refractivity contribution is 7.98. The highest BCUT2D eigenvalue weighted by atomic mass is 32.2. The third-order valence-electron chi connectivity index (χ3n) is 5.80. The van der Waals surface area contributed by atoms with Gasteiger partial charge in [-0.2, -0.15) is 0 Å². The van der Waals surface area contributed by atoms with Crippen molar-refractivity contribution in [1.29, 1.82) is 0 Å². The van der Waals surface area contributed by atoms with Gasteiger partial charge in [0.15, 0.2) is 10.8 Å². The van der Waals surface area contributed by atoms with Gasteiger partial charge in [-0.05, 0) is 43.7 Å². The Bertz CT molecular complexity index is 1710. The lowest BCUT2D eigenvalue weighted by molar-refractivity contribution is 0.735. The van der Waals surface area contributed by atoms with Crippen LogP contribution in [0.2, 0.25) is 0 Å². The number of pyridine rings is 1. The number of thioether (sulfide) groups is 1. The van der Waals surface area contributed by atoms with Crippen molar-refractivity contribution in [2.24, 2.45) is 0 Å². The SMILES string of the molecule is CCn1c(=O)c2ccccc2n2c(CSc3nnc4cc(C)c5ccccc5n34)nnc12. The number of nitrogens with zero attached hydrogens (tertiary/aromatic N) is 7. The zero-order valence-corrected chi connectivity index (χ0v) is 18.4.